The van der Waals surface area contributed by atoms with E-state index in [1.165, 1.54) is 48.7 Å². The summed E-state index contributed by atoms with van der Waals surface area (Å²) < 4.78 is 1.25. The number of nitrogens with zero attached hydrogens (tertiary/aromatic N) is 1. The number of piperidine rings is 1. The molecule has 2 heteroatoms. The van der Waals surface area contributed by atoms with Crippen molar-refractivity contribution in [1.82, 2.24) is 4.90 Å². The number of hydrogen-bond donors (Lipinski definition) is 0. The number of rotatable bonds is 4. The van der Waals surface area contributed by atoms with E-state index in [0.717, 1.165) is 12.6 Å². The molecule has 94 valence electrons. The van der Waals surface area contributed by atoms with Gasteiger partial charge in [-0.25, -0.2) is 0 Å². The maximum atomic E-state index is 3.66. The van der Waals surface area contributed by atoms with Crippen molar-refractivity contribution in [3.05, 3.63) is 34.3 Å². The second-order valence-electron chi connectivity index (χ2n) is 5.00. The van der Waals surface area contributed by atoms with Gasteiger partial charge in [-0.2, -0.15) is 0 Å². The summed E-state index contributed by atoms with van der Waals surface area (Å²) in [5.41, 5.74) is 1.43. The molecule has 0 amide bonds. The Labute approximate surface area is 113 Å². The first-order valence-corrected chi connectivity index (χ1v) is 7.58. The van der Waals surface area contributed by atoms with Crippen LogP contribution in [-0.2, 0) is 6.54 Å². The fourth-order valence-electron chi connectivity index (χ4n) is 2.77. The average molecular weight is 296 g/mol. The number of benzene rings is 1. The van der Waals surface area contributed by atoms with Crippen LogP contribution in [0.15, 0.2) is 28.7 Å². The summed E-state index contributed by atoms with van der Waals surface area (Å²) in [6.07, 6.45) is 6.82. The molecule has 2 rings (SSSR count). The van der Waals surface area contributed by atoms with Crippen LogP contribution in [0.5, 0.6) is 0 Å². The predicted octanol–water partition coefficient (Wildman–Crippen LogP) is 4.60. The van der Waals surface area contributed by atoms with Gasteiger partial charge in [0.1, 0.15) is 0 Å². The molecule has 0 spiro atoms. The highest BCUT2D eigenvalue weighted by Gasteiger charge is 2.21. The third-order valence-corrected chi connectivity index (χ3v) is 4.48. The molecule has 0 aromatic heterocycles. The Morgan fingerprint density at radius 2 is 2.12 bits per heavy atom. The van der Waals surface area contributed by atoms with Crippen molar-refractivity contribution in [1.29, 1.82) is 0 Å². The normalized spacial score (nSPS) is 21.6. The van der Waals surface area contributed by atoms with Gasteiger partial charge in [-0.3, -0.25) is 4.90 Å². The van der Waals surface area contributed by atoms with E-state index < -0.39 is 0 Å². The highest BCUT2D eigenvalue weighted by atomic mass is 79.9. The van der Waals surface area contributed by atoms with Crippen molar-refractivity contribution in [3.63, 3.8) is 0 Å². The second-order valence-corrected chi connectivity index (χ2v) is 5.85. The molecule has 1 aromatic carbocycles. The smallest absolute Gasteiger partial charge is 0.0247 e. The molecule has 1 saturated heterocycles. The SMILES string of the molecule is CCCC1CCCCN1Cc1ccccc1Br. The topological polar surface area (TPSA) is 3.24 Å². The largest absolute Gasteiger partial charge is 0.296 e. The molecule has 1 aromatic rings. The quantitative estimate of drug-likeness (QED) is 0.784. The summed E-state index contributed by atoms with van der Waals surface area (Å²) in [4.78, 5) is 2.67. The van der Waals surface area contributed by atoms with Gasteiger partial charge >= 0.3 is 0 Å². The van der Waals surface area contributed by atoms with Crippen LogP contribution in [0.2, 0.25) is 0 Å². The van der Waals surface area contributed by atoms with Crippen molar-refractivity contribution < 1.29 is 0 Å². The van der Waals surface area contributed by atoms with Crippen LogP contribution in [0.4, 0.5) is 0 Å². The molecule has 17 heavy (non-hydrogen) atoms. The van der Waals surface area contributed by atoms with E-state index in [2.05, 4.69) is 52.0 Å². The van der Waals surface area contributed by atoms with Crippen molar-refractivity contribution in [2.24, 2.45) is 0 Å². The summed E-state index contributed by atoms with van der Waals surface area (Å²) in [6.45, 7) is 4.67. The van der Waals surface area contributed by atoms with Gasteiger partial charge in [0.2, 0.25) is 0 Å². The maximum absolute atomic E-state index is 3.66. The van der Waals surface area contributed by atoms with Gasteiger partial charge in [-0.15, -0.1) is 0 Å². The van der Waals surface area contributed by atoms with E-state index in [1.54, 1.807) is 0 Å². The molecule has 1 fully saturated rings. The van der Waals surface area contributed by atoms with E-state index >= 15 is 0 Å². The minimum Gasteiger partial charge on any atom is -0.296 e. The minimum atomic E-state index is 0.806. The van der Waals surface area contributed by atoms with Crippen molar-refractivity contribution >= 4 is 15.9 Å². The Kier molecular flexibility index (Phi) is 5.05. The van der Waals surface area contributed by atoms with E-state index in [9.17, 15) is 0 Å². The molecule has 0 bridgehead atoms. The lowest BCUT2D eigenvalue weighted by Gasteiger charge is -2.36. The number of halogens is 1. The Hall–Kier alpha value is -0.340. The van der Waals surface area contributed by atoms with Gasteiger partial charge in [0.15, 0.2) is 0 Å². The van der Waals surface area contributed by atoms with Gasteiger partial charge in [-0.1, -0.05) is 53.9 Å². The third-order valence-electron chi connectivity index (χ3n) is 3.70. The molecule has 0 saturated carbocycles. The first kappa shape index (κ1) is 13.1. The van der Waals surface area contributed by atoms with Crippen LogP contribution in [0.1, 0.15) is 44.6 Å². The zero-order valence-corrected chi connectivity index (χ0v) is 12.2. The second kappa shape index (κ2) is 6.55. The van der Waals surface area contributed by atoms with E-state index in [0.29, 0.717) is 0 Å². The number of likely N-dealkylation sites (tertiary alicyclic amines) is 1. The average Bonchev–Trinajstić information content (AvgIpc) is 2.35. The number of hydrogen-bond acceptors (Lipinski definition) is 1. The molecule has 1 aliphatic rings. The monoisotopic (exact) mass is 295 g/mol. The van der Waals surface area contributed by atoms with E-state index in [4.69, 9.17) is 0 Å². The Balaban J connectivity index is 2.03. The van der Waals surface area contributed by atoms with Crippen LogP contribution in [0.25, 0.3) is 0 Å². The summed E-state index contributed by atoms with van der Waals surface area (Å²) in [5, 5.41) is 0. The molecule has 0 N–H and O–H groups in total. The standard InChI is InChI=1S/C15H22BrN/c1-2-7-14-9-5-6-11-17(14)12-13-8-3-4-10-15(13)16/h3-4,8,10,14H,2,5-7,9,11-12H2,1H3. The Bertz CT molecular complexity index is 349. The van der Waals surface area contributed by atoms with Gasteiger partial charge < -0.3 is 0 Å². The zero-order valence-electron chi connectivity index (χ0n) is 10.7. The van der Waals surface area contributed by atoms with Crippen molar-refractivity contribution in [2.75, 3.05) is 6.54 Å². The molecule has 1 unspecified atom stereocenters. The lowest BCUT2D eigenvalue weighted by atomic mass is 9.97. The first-order valence-electron chi connectivity index (χ1n) is 6.78. The highest BCUT2D eigenvalue weighted by molar-refractivity contribution is 9.10. The molecule has 1 aliphatic heterocycles. The highest BCUT2D eigenvalue weighted by Crippen LogP contribution is 2.25. The Morgan fingerprint density at radius 3 is 2.88 bits per heavy atom. The van der Waals surface area contributed by atoms with E-state index in [1.807, 2.05) is 0 Å². The fourth-order valence-corrected chi connectivity index (χ4v) is 3.18. The van der Waals surface area contributed by atoms with Gasteiger partial charge in [0, 0.05) is 17.1 Å². The van der Waals surface area contributed by atoms with Crippen LogP contribution in [0.3, 0.4) is 0 Å². The lowest BCUT2D eigenvalue weighted by molar-refractivity contribution is 0.131. The van der Waals surface area contributed by atoms with E-state index in [-0.39, 0.29) is 0 Å². The van der Waals surface area contributed by atoms with Crippen molar-refractivity contribution in [3.8, 4) is 0 Å². The molecule has 1 atom stereocenters. The molecule has 0 radical (unpaired) electrons. The zero-order chi connectivity index (χ0) is 12.1. The molecule has 1 nitrogen and oxygen atoms in total. The summed E-state index contributed by atoms with van der Waals surface area (Å²) in [5.74, 6) is 0. The summed E-state index contributed by atoms with van der Waals surface area (Å²) >= 11 is 3.66. The van der Waals surface area contributed by atoms with Crippen LogP contribution < -0.4 is 0 Å². The molecular weight excluding hydrogens is 274 g/mol. The van der Waals surface area contributed by atoms with Gasteiger partial charge in [0.25, 0.3) is 0 Å². The predicted molar refractivity (Wildman–Crippen MR) is 77.1 cm³/mol. The summed E-state index contributed by atoms with van der Waals surface area (Å²) in [6, 6.07) is 9.42. The lowest BCUT2D eigenvalue weighted by Crippen LogP contribution is -2.38. The fraction of sp³-hybridized carbons (Fsp3) is 0.600. The molecular formula is C15H22BrN. The van der Waals surface area contributed by atoms with Crippen LogP contribution in [-0.4, -0.2) is 17.5 Å². The van der Waals surface area contributed by atoms with Crippen LogP contribution >= 0.6 is 15.9 Å². The maximum Gasteiger partial charge on any atom is 0.0247 e. The first-order chi connectivity index (χ1) is 8.31. The molecule has 1 heterocycles. The third kappa shape index (κ3) is 3.56. The molecule has 0 aliphatic carbocycles. The Morgan fingerprint density at radius 1 is 1.29 bits per heavy atom. The summed E-state index contributed by atoms with van der Waals surface area (Å²) in [7, 11) is 0. The van der Waals surface area contributed by atoms with Crippen LogP contribution in [0, 0.1) is 0 Å². The minimum absolute atomic E-state index is 0.806. The van der Waals surface area contributed by atoms with Gasteiger partial charge in [0.05, 0.1) is 0 Å². The van der Waals surface area contributed by atoms with Crippen molar-refractivity contribution in [2.45, 2.75) is 51.6 Å². The van der Waals surface area contributed by atoms with Gasteiger partial charge in [-0.05, 0) is 37.4 Å².